The van der Waals surface area contributed by atoms with Crippen molar-refractivity contribution in [2.24, 2.45) is 5.92 Å². The molecule has 2 nitrogen and oxygen atoms in total. The fourth-order valence-corrected chi connectivity index (χ4v) is 2.74. The van der Waals surface area contributed by atoms with Crippen molar-refractivity contribution in [2.75, 3.05) is 26.7 Å². The molecular formula is C10H20N2. The largest absolute Gasteiger partial charge is 0.316 e. The van der Waals surface area contributed by atoms with Gasteiger partial charge in [0.25, 0.3) is 0 Å². The maximum absolute atomic E-state index is 3.51. The van der Waals surface area contributed by atoms with Crippen molar-refractivity contribution in [1.29, 1.82) is 0 Å². The van der Waals surface area contributed by atoms with Gasteiger partial charge in [0.1, 0.15) is 0 Å². The Hall–Kier alpha value is -0.0800. The SMILES string of the molecule is CN1CCCC1C1CCCNC1. The third-order valence-electron chi connectivity index (χ3n) is 3.46. The van der Waals surface area contributed by atoms with Gasteiger partial charge < -0.3 is 10.2 Å². The van der Waals surface area contributed by atoms with Gasteiger partial charge >= 0.3 is 0 Å². The molecule has 0 radical (unpaired) electrons. The summed E-state index contributed by atoms with van der Waals surface area (Å²) in [5.74, 6) is 0.936. The van der Waals surface area contributed by atoms with Crippen LogP contribution < -0.4 is 5.32 Å². The van der Waals surface area contributed by atoms with Crippen molar-refractivity contribution in [2.45, 2.75) is 31.7 Å². The number of nitrogens with zero attached hydrogens (tertiary/aromatic N) is 1. The van der Waals surface area contributed by atoms with Crippen LogP contribution in [0.1, 0.15) is 25.7 Å². The molecule has 0 aromatic rings. The fraction of sp³-hybridized carbons (Fsp3) is 1.00. The average Bonchev–Trinajstić information content (AvgIpc) is 2.53. The second kappa shape index (κ2) is 3.75. The summed E-state index contributed by atoms with van der Waals surface area (Å²) in [4.78, 5) is 2.55. The summed E-state index contributed by atoms with van der Waals surface area (Å²) < 4.78 is 0. The van der Waals surface area contributed by atoms with E-state index in [1.807, 2.05) is 0 Å². The highest BCUT2D eigenvalue weighted by Gasteiger charge is 2.29. The highest BCUT2D eigenvalue weighted by molar-refractivity contribution is 4.86. The maximum atomic E-state index is 3.51. The molecule has 70 valence electrons. The molecule has 2 fully saturated rings. The van der Waals surface area contributed by atoms with E-state index >= 15 is 0 Å². The summed E-state index contributed by atoms with van der Waals surface area (Å²) in [6, 6.07) is 0.887. The smallest absolute Gasteiger partial charge is 0.0133 e. The molecule has 0 aromatic heterocycles. The van der Waals surface area contributed by atoms with E-state index in [4.69, 9.17) is 0 Å². The Morgan fingerprint density at radius 2 is 2.17 bits per heavy atom. The van der Waals surface area contributed by atoms with Crippen LogP contribution >= 0.6 is 0 Å². The number of nitrogens with one attached hydrogen (secondary N) is 1. The van der Waals surface area contributed by atoms with Gasteiger partial charge in [0, 0.05) is 6.04 Å². The number of hydrogen-bond acceptors (Lipinski definition) is 2. The Balaban J connectivity index is 1.89. The zero-order valence-corrected chi connectivity index (χ0v) is 8.05. The molecule has 2 atom stereocenters. The first-order valence-electron chi connectivity index (χ1n) is 5.29. The molecular weight excluding hydrogens is 148 g/mol. The summed E-state index contributed by atoms with van der Waals surface area (Å²) in [6.07, 6.45) is 5.68. The van der Waals surface area contributed by atoms with Crippen LogP contribution in [0.4, 0.5) is 0 Å². The van der Waals surface area contributed by atoms with Crippen LogP contribution in [0, 0.1) is 5.92 Å². The summed E-state index contributed by atoms with van der Waals surface area (Å²) >= 11 is 0. The van der Waals surface area contributed by atoms with Crippen molar-refractivity contribution >= 4 is 0 Å². The molecule has 0 aliphatic carbocycles. The summed E-state index contributed by atoms with van der Waals surface area (Å²) in [5.41, 5.74) is 0. The van der Waals surface area contributed by atoms with E-state index in [0.717, 1.165) is 12.0 Å². The van der Waals surface area contributed by atoms with E-state index in [2.05, 4.69) is 17.3 Å². The standard InChI is InChI=1S/C10H20N2/c1-12-7-3-5-10(12)9-4-2-6-11-8-9/h9-11H,2-8H2,1H3. The van der Waals surface area contributed by atoms with Crippen LogP contribution in [0.5, 0.6) is 0 Å². The monoisotopic (exact) mass is 168 g/mol. The quantitative estimate of drug-likeness (QED) is 0.630. The van der Waals surface area contributed by atoms with Crippen LogP contribution in [0.15, 0.2) is 0 Å². The highest BCUT2D eigenvalue weighted by atomic mass is 15.2. The predicted octanol–water partition coefficient (Wildman–Crippen LogP) is 1.08. The minimum atomic E-state index is 0.887. The van der Waals surface area contributed by atoms with Gasteiger partial charge in [-0.2, -0.15) is 0 Å². The van der Waals surface area contributed by atoms with E-state index in [1.165, 1.54) is 45.3 Å². The van der Waals surface area contributed by atoms with Crippen molar-refractivity contribution in [1.82, 2.24) is 10.2 Å². The molecule has 2 heteroatoms. The van der Waals surface area contributed by atoms with Gasteiger partial charge in [-0.25, -0.2) is 0 Å². The molecule has 1 N–H and O–H groups in total. The Kier molecular flexibility index (Phi) is 2.66. The van der Waals surface area contributed by atoms with E-state index in [1.54, 1.807) is 0 Å². The minimum Gasteiger partial charge on any atom is -0.316 e. The van der Waals surface area contributed by atoms with Gasteiger partial charge in [-0.3, -0.25) is 0 Å². The van der Waals surface area contributed by atoms with Gasteiger partial charge in [-0.1, -0.05) is 0 Å². The van der Waals surface area contributed by atoms with Crippen LogP contribution in [0.3, 0.4) is 0 Å². The van der Waals surface area contributed by atoms with Crippen molar-refractivity contribution in [3.05, 3.63) is 0 Å². The Morgan fingerprint density at radius 3 is 2.75 bits per heavy atom. The normalized spacial score (nSPS) is 38.8. The summed E-state index contributed by atoms with van der Waals surface area (Å²) in [5, 5.41) is 3.51. The Morgan fingerprint density at radius 1 is 1.25 bits per heavy atom. The zero-order chi connectivity index (χ0) is 8.39. The molecule has 0 amide bonds. The number of likely N-dealkylation sites (tertiary alicyclic amines) is 1. The molecule has 2 aliphatic rings. The van der Waals surface area contributed by atoms with Gasteiger partial charge in [0.2, 0.25) is 0 Å². The molecule has 2 aliphatic heterocycles. The summed E-state index contributed by atoms with van der Waals surface area (Å²) in [7, 11) is 2.28. The second-order valence-corrected chi connectivity index (χ2v) is 4.30. The minimum absolute atomic E-state index is 0.887. The second-order valence-electron chi connectivity index (χ2n) is 4.30. The van der Waals surface area contributed by atoms with E-state index in [9.17, 15) is 0 Å². The van der Waals surface area contributed by atoms with Gasteiger partial charge in [-0.15, -0.1) is 0 Å². The Labute approximate surface area is 75.3 Å². The molecule has 0 saturated carbocycles. The van der Waals surface area contributed by atoms with Gasteiger partial charge in [-0.05, 0) is 58.3 Å². The molecule has 2 saturated heterocycles. The molecule has 0 bridgehead atoms. The maximum Gasteiger partial charge on any atom is 0.0133 e. The lowest BCUT2D eigenvalue weighted by Crippen LogP contribution is -2.41. The lowest BCUT2D eigenvalue weighted by Gasteiger charge is -2.32. The van der Waals surface area contributed by atoms with Gasteiger partial charge in [0.05, 0.1) is 0 Å². The van der Waals surface area contributed by atoms with Gasteiger partial charge in [0.15, 0.2) is 0 Å². The Bertz CT molecular complexity index is 141. The third-order valence-corrected chi connectivity index (χ3v) is 3.46. The van der Waals surface area contributed by atoms with E-state index < -0.39 is 0 Å². The molecule has 0 spiro atoms. The first-order chi connectivity index (χ1) is 5.88. The van der Waals surface area contributed by atoms with Crippen LogP contribution in [0.2, 0.25) is 0 Å². The van der Waals surface area contributed by atoms with Crippen LogP contribution in [-0.4, -0.2) is 37.6 Å². The zero-order valence-electron chi connectivity index (χ0n) is 8.05. The molecule has 2 heterocycles. The number of rotatable bonds is 1. The first-order valence-corrected chi connectivity index (χ1v) is 5.29. The summed E-state index contributed by atoms with van der Waals surface area (Å²) in [6.45, 7) is 3.82. The van der Waals surface area contributed by atoms with E-state index in [-0.39, 0.29) is 0 Å². The molecule has 12 heavy (non-hydrogen) atoms. The highest BCUT2D eigenvalue weighted by Crippen LogP contribution is 2.26. The van der Waals surface area contributed by atoms with Crippen molar-refractivity contribution in [3.63, 3.8) is 0 Å². The average molecular weight is 168 g/mol. The molecule has 2 unspecified atom stereocenters. The lowest BCUT2D eigenvalue weighted by molar-refractivity contribution is 0.195. The van der Waals surface area contributed by atoms with Crippen molar-refractivity contribution < 1.29 is 0 Å². The number of piperidine rings is 1. The molecule has 2 rings (SSSR count). The fourth-order valence-electron chi connectivity index (χ4n) is 2.74. The van der Waals surface area contributed by atoms with Crippen LogP contribution in [0.25, 0.3) is 0 Å². The number of hydrogen-bond donors (Lipinski definition) is 1. The third kappa shape index (κ3) is 1.64. The topological polar surface area (TPSA) is 15.3 Å². The molecule has 0 aromatic carbocycles. The van der Waals surface area contributed by atoms with Crippen LogP contribution in [-0.2, 0) is 0 Å². The van der Waals surface area contributed by atoms with Crippen molar-refractivity contribution in [3.8, 4) is 0 Å². The van der Waals surface area contributed by atoms with E-state index in [0.29, 0.717) is 0 Å². The first kappa shape index (κ1) is 8.52. The predicted molar refractivity (Wildman–Crippen MR) is 51.2 cm³/mol. The lowest BCUT2D eigenvalue weighted by atomic mass is 9.90.